The fourth-order valence-electron chi connectivity index (χ4n) is 5.12. The van der Waals surface area contributed by atoms with Crippen LogP contribution < -0.4 is 10.1 Å². The molecular weight excluding hydrogens is 593 g/mol. The summed E-state index contributed by atoms with van der Waals surface area (Å²) in [6.45, 7) is 0.0465. The highest BCUT2D eigenvalue weighted by molar-refractivity contribution is 8.06. The zero-order chi connectivity index (χ0) is 30.5. The molecule has 0 saturated carbocycles. The lowest BCUT2D eigenvalue weighted by atomic mass is 10.0. The van der Waals surface area contributed by atoms with Crippen LogP contribution in [0.5, 0.6) is 5.75 Å². The summed E-state index contributed by atoms with van der Waals surface area (Å²) in [5, 5.41) is 2.49. The lowest BCUT2D eigenvalue weighted by Gasteiger charge is -2.49. The normalized spacial score (nSPS) is 17.4. The number of methoxy groups -OCH3 is 1. The van der Waals surface area contributed by atoms with E-state index >= 15 is 0 Å². The van der Waals surface area contributed by atoms with Crippen molar-refractivity contribution in [2.45, 2.75) is 29.3 Å². The number of carbonyl (C=O) groups excluding carboxylic acids is 3. The maximum absolute atomic E-state index is 13.7. The Labute approximate surface area is 264 Å². The van der Waals surface area contributed by atoms with Gasteiger partial charge in [-0.1, -0.05) is 96.7 Å². The molecule has 4 aromatic rings. The van der Waals surface area contributed by atoms with Gasteiger partial charge in [-0.3, -0.25) is 14.5 Å². The molecule has 2 atom stereocenters. The second-order valence-corrected chi connectivity index (χ2v) is 12.6. The molecular formula is C35H30N2O5S2. The predicted molar refractivity (Wildman–Crippen MR) is 173 cm³/mol. The van der Waals surface area contributed by atoms with Gasteiger partial charge in [-0.15, -0.1) is 11.8 Å². The molecule has 222 valence electrons. The average molecular weight is 623 g/mol. The van der Waals surface area contributed by atoms with Crippen LogP contribution in [0.1, 0.15) is 11.1 Å². The maximum atomic E-state index is 13.7. The van der Waals surface area contributed by atoms with E-state index < -0.39 is 17.4 Å². The van der Waals surface area contributed by atoms with E-state index in [1.54, 1.807) is 19.2 Å². The summed E-state index contributed by atoms with van der Waals surface area (Å²) in [5.74, 6) is 0.0664. The minimum atomic E-state index is -0.714. The van der Waals surface area contributed by atoms with Crippen molar-refractivity contribution in [3.63, 3.8) is 0 Å². The minimum absolute atomic E-state index is 0.0465. The highest BCUT2D eigenvalue weighted by atomic mass is 32.2. The molecule has 0 aromatic heterocycles. The van der Waals surface area contributed by atoms with Crippen LogP contribution in [0.25, 0.3) is 11.1 Å². The number of fused-ring (bicyclic) bond motifs is 1. The van der Waals surface area contributed by atoms with E-state index in [0.29, 0.717) is 11.5 Å². The quantitative estimate of drug-likeness (QED) is 0.170. The Morgan fingerprint density at radius 1 is 0.886 bits per heavy atom. The third-order valence-electron chi connectivity index (χ3n) is 7.36. The Morgan fingerprint density at radius 2 is 1.59 bits per heavy atom. The molecule has 7 nitrogen and oxygen atoms in total. The maximum Gasteiger partial charge on any atom is 0.356 e. The van der Waals surface area contributed by atoms with Gasteiger partial charge in [0.2, 0.25) is 5.91 Å². The molecule has 1 N–H and O–H groups in total. The lowest BCUT2D eigenvalue weighted by molar-refractivity contribution is -0.153. The first kappa shape index (κ1) is 29.6. The van der Waals surface area contributed by atoms with Crippen LogP contribution in [0.2, 0.25) is 0 Å². The molecule has 0 radical (unpaired) electrons. The van der Waals surface area contributed by atoms with Crippen LogP contribution in [0.3, 0.4) is 0 Å². The van der Waals surface area contributed by atoms with Gasteiger partial charge in [-0.25, -0.2) is 4.79 Å². The van der Waals surface area contributed by atoms with Gasteiger partial charge in [-0.2, -0.15) is 0 Å². The lowest BCUT2D eigenvalue weighted by Crippen LogP contribution is -2.70. The molecule has 0 spiro atoms. The minimum Gasteiger partial charge on any atom is -0.497 e. The van der Waals surface area contributed by atoms with Gasteiger partial charge in [0.1, 0.15) is 29.5 Å². The molecule has 1 saturated heterocycles. The number of rotatable bonds is 10. The standard InChI is InChI=1S/C35H30N2O5S2/c1-41-27-17-15-24(16-18-27)21-42-35(40)32-29(44-28-14-8-13-26(20-28)25-11-6-3-7-12-25)22-43-34-31(33(39)37(32)34)36-30(38)19-23-9-4-2-5-10-23/h2-18,20,31,34H,19,21-22H2,1H3,(H,36,38)/t31-,34-/m1/s1. The number of benzene rings is 4. The Balaban J connectivity index is 1.23. The van der Waals surface area contributed by atoms with Gasteiger partial charge in [0.25, 0.3) is 5.91 Å². The van der Waals surface area contributed by atoms with Gasteiger partial charge in [0, 0.05) is 15.6 Å². The van der Waals surface area contributed by atoms with Crippen molar-refractivity contribution in [1.82, 2.24) is 10.2 Å². The number of nitrogens with zero attached hydrogens (tertiary/aromatic N) is 1. The van der Waals surface area contributed by atoms with E-state index in [0.717, 1.165) is 32.1 Å². The van der Waals surface area contributed by atoms with Crippen LogP contribution in [0.15, 0.2) is 125 Å². The summed E-state index contributed by atoms with van der Waals surface area (Å²) < 4.78 is 11.0. The summed E-state index contributed by atoms with van der Waals surface area (Å²) in [7, 11) is 1.59. The Kier molecular flexibility index (Phi) is 9.04. The van der Waals surface area contributed by atoms with Crippen molar-refractivity contribution >= 4 is 41.3 Å². The molecule has 4 aromatic carbocycles. The van der Waals surface area contributed by atoms with Gasteiger partial charge in [-0.05, 0) is 46.5 Å². The molecule has 2 amide bonds. The number of β-lactam (4-membered cyclic amide) rings is 1. The molecule has 2 aliphatic heterocycles. The molecule has 2 aliphatic rings. The largest absolute Gasteiger partial charge is 0.497 e. The summed E-state index contributed by atoms with van der Waals surface area (Å²) in [6.07, 6.45) is 0.174. The van der Waals surface area contributed by atoms with Crippen LogP contribution in [-0.4, -0.2) is 47.0 Å². The highest BCUT2D eigenvalue weighted by Gasteiger charge is 2.54. The second-order valence-electron chi connectivity index (χ2n) is 10.3. The van der Waals surface area contributed by atoms with Gasteiger partial charge in [0.05, 0.1) is 13.5 Å². The number of thioether (sulfide) groups is 2. The van der Waals surface area contributed by atoms with Crippen molar-refractivity contribution in [2.75, 3.05) is 12.9 Å². The first-order valence-corrected chi connectivity index (χ1v) is 16.0. The summed E-state index contributed by atoms with van der Waals surface area (Å²) in [4.78, 5) is 43.2. The van der Waals surface area contributed by atoms with Gasteiger partial charge >= 0.3 is 5.97 Å². The topological polar surface area (TPSA) is 84.9 Å². The smallest absolute Gasteiger partial charge is 0.356 e. The predicted octanol–water partition coefficient (Wildman–Crippen LogP) is 6.05. The average Bonchev–Trinajstić information content (AvgIpc) is 3.07. The zero-order valence-corrected chi connectivity index (χ0v) is 25.6. The van der Waals surface area contributed by atoms with Crippen LogP contribution >= 0.6 is 23.5 Å². The molecule has 0 unspecified atom stereocenters. The zero-order valence-electron chi connectivity index (χ0n) is 24.0. The van der Waals surface area contributed by atoms with Crippen molar-refractivity contribution in [2.24, 2.45) is 0 Å². The fraction of sp³-hybridized carbons (Fsp3) is 0.171. The van der Waals surface area contributed by atoms with Crippen molar-refractivity contribution in [1.29, 1.82) is 0 Å². The van der Waals surface area contributed by atoms with E-state index in [9.17, 15) is 14.4 Å². The molecule has 0 bridgehead atoms. The van der Waals surface area contributed by atoms with Crippen molar-refractivity contribution in [3.8, 4) is 16.9 Å². The molecule has 2 heterocycles. The van der Waals surface area contributed by atoms with E-state index in [4.69, 9.17) is 9.47 Å². The molecule has 6 rings (SSSR count). The highest BCUT2D eigenvalue weighted by Crippen LogP contribution is 2.46. The van der Waals surface area contributed by atoms with E-state index in [2.05, 4.69) is 23.5 Å². The number of carbonyl (C=O) groups is 3. The number of nitrogens with one attached hydrogen (secondary N) is 1. The summed E-state index contributed by atoms with van der Waals surface area (Å²) in [6, 6.07) is 34.1. The number of amides is 2. The van der Waals surface area contributed by atoms with Crippen LogP contribution in [-0.2, 0) is 32.1 Å². The SMILES string of the molecule is COc1ccc(COC(=O)C2=C(Sc3cccc(-c4ccccc4)c3)CS[C@@H]3[C@H](NC(=O)Cc4ccccc4)C(=O)N23)cc1. The fourth-order valence-corrected chi connectivity index (χ4v) is 7.65. The molecule has 44 heavy (non-hydrogen) atoms. The number of ether oxygens (including phenoxy) is 2. The molecule has 1 fully saturated rings. The Hall–Kier alpha value is -4.47. The van der Waals surface area contributed by atoms with Crippen molar-refractivity contribution < 1.29 is 23.9 Å². The monoisotopic (exact) mass is 622 g/mol. The number of hydrogen-bond acceptors (Lipinski definition) is 7. The van der Waals surface area contributed by atoms with E-state index in [1.807, 2.05) is 78.9 Å². The summed E-state index contributed by atoms with van der Waals surface area (Å²) in [5.41, 5.74) is 4.04. The Bertz CT molecular complexity index is 1690. The number of esters is 1. The van der Waals surface area contributed by atoms with Gasteiger partial charge in [0.15, 0.2) is 0 Å². The first-order valence-electron chi connectivity index (χ1n) is 14.1. The van der Waals surface area contributed by atoms with Gasteiger partial charge < -0.3 is 14.8 Å². The van der Waals surface area contributed by atoms with Crippen LogP contribution in [0, 0.1) is 0 Å². The number of hydrogen-bond donors (Lipinski definition) is 1. The Morgan fingerprint density at radius 3 is 2.32 bits per heavy atom. The first-order chi connectivity index (χ1) is 21.5. The third kappa shape index (κ3) is 6.54. The van der Waals surface area contributed by atoms with E-state index in [1.165, 1.54) is 28.4 Å². The van der Waals surface area contributed by atoms with Crippen LogP contribution in [0.4, 0.5) is 0 Å². The molecule has 0 aliphatic carbocycles. The molecule has 9 heteroatoms. The van der Waals surface area contributed by atoms with E-state index in [-0.39, 0.29) is 30.5 Å². The summed E-state index contributed by atoms with van der Waals surface area (Å²) >= 11 is 2.99. The second kappa shape index (κ2) is 13.4. The van der Waals surface area contributed by atoms with Crippen molar-refractivity contribution in [3.05, 3.63) is 131 Å². The third-order valence-corrected chi connectivity index (χ3v) is 9.90.